The molecule has 0 spiro atoms. The molecular weight excluding hydrogens is 390 g/mol. The van der Waals surface area contributed by atoms with E-state index in [1.54, 1.807) is 24.3 Å². The van der Waals surface area contributed by atoms with Gasteiger partial charge >= 0.3 is 0 Å². The zero-order chi connectivity index (χ0) is 21.4. The number of benzene rings is 3. The van der Waals surface area contributed by atoms with Crippen molar-refractivity contribution in [1.82, 2.24) is 25.1 Å². The molecular formula is C24H19N5O2. The van der Waals surface area contributed by atoms with E-state index in [0.29, 0.717) is 16.6 Å². The fourth-order valence-electron chi connectivity index (χ4n) is 3.85. The summed E-state index contributed by atoms with van der Waals surface area (Å²) in [6, 6.07) is 23.9. The fraction of sp³-hybridized carbons (Fsp3) is 0.0833. The van der Waals surface area contributed by atoms with Crippen molar-refractivity contribution in [2.24, 2.45) is 7.05 Å². The molecule has 1 amide bonds. The van der Waals surface area contributed by atoms with Gasteiger partial charge in [0.25, 0.3) is 11.5 Å². The number of H-pyrrole nitrogens is 1. The minimum absolute atomic E-state index is 0.162. The summed E-state index contributed by atoms with van der Waals surface area (Å²) in [5.41, 5.74) is 2.54. The van der Waals surface area contributed by atoms with Gasteiger partial charge in [0, 0.05) is 12.4 Å². The summed E-state index contributed by atoms with van der Waals surface area (Å²) < 4.78 is 1.98. The first-order chi connectivity index (χ1) is 15.1. The molecule has 0 aliphatic heterocycles. The van der Waals surface area contributed by atoms with Crippen molar-refractivity contribution in [2.45, 2.75) is 6.04 Å². The highest BCUT2D eigenvalue weighted by Crippen LogP contribution is 2.25. The third-order valence-corrected chi connectivity index (χ3v) is 5.40. The normalized spacial score (nSPS) is 12.2. The number of hydrogen-bond donors (Lipinski definition) is 2. The SMILES string of the molecule is Cn1c(C(NC(=O)c2n[nH]c(=O)c3ccccc23)c2ccccc2)nc2ccccc21. The van der Waals surface area contributed by atoms with E-state index in [1.165, 1.54) is 0 Å². The number of aromatic amines is 1. The number of carbonyl (C=O) groups is 1. The summed E-state index contributed by atoms with van der Waals surface area (Å²) >= 11 is 0. The highest BCUT2D eigenvalue weighted by Gasteiger charge is 2.25. The molecule has 2 aromatic heterocycles. The van der Waals surface area contributed by atoms with Crippen molar-refractivity contribution < 1.29 is 4.79 Å². The van der Waals surface area contributed by atoms with Crippen molar-refractivity contribution in [3.8, 4) is 0 Å². The van der Waals surface area contributed by atoms with Crippen LogP contribution < -0.4 is 10.9 Å². The topological polar surface area (TPSA) is 92.7 Å². The number of hydrogen-bond acceptors (Lipinski definition) is 4. The Morgan fingerprint density at radius 3 is 2.39 bits per heavy atom. The smallest absolute Gasteiger partial charge is 0.273 e. The average Bonchev–Trinajstić information content (AvgIpc) is 3.15. The maximum atomic E-state index is 13.3. The van der Waals surface area contributed by atoms with Crippen molar-refractivity contribution in [3.63, 3.8) is 0 Å². The second-order valence-electron chi connectivity index (χ2n) is 7.28. The van der Waals surface area contributed by atoms with Gasteiger partial charge in [-0.25, -0.2) is 10.1 Å². The van der Waals surface area contributed by atoms with Gasteiger partial charge in [-0.2, -0.15) is 5.10 Å². The lowest BCUT2D eigenvalue weighted by Gasteiger charge is -2.19. The molecule has 0 aliphatic rings. The molecule has 31 heavy (non-hydrogen) atoms. The van der Waals surface area contributed by atoms with Crippen LogP contribution in [0.2, 0.25) is 0 Å². The lowest BCUT2D eigenvalue weighted by molar-refractivity contribution is 0.0937. The monoisotopic (exact) mass is 409 g/mol. The molecule has 1 atom stereocenters. The van der Waals surface area contributed by atoms with Gasteiger partial charge in [-0.3, -0.25) is 9.59 Å². The first kappa shape index (κ1) is 18.7. The van der Waals surface area contributed by atoms with Gasteiger partial charge in [0.1, 0.15) is 11.9 Å². The quantitative estimate of drug-likeness (QED) is 0.476. The minimum atomic E-state index is -0.501. The van der Waals surface area contributed by atoms with Gasteiger partial charge < -0.3 is 9.88 Å². The first-order valence-corrected chi connectivity index (χ1v) is 9.88. The van der Waals surface area contributed by atoms with Crippen LogP contribution in [-0.2, 0) is 7.05 Å². The largest absolute Gasteiger partial charge is 0.337 e. The lowest BCUT2D eigenvalue weighted by Crippen LogP contribution is -2.32. The molecule has 7 heteroatoms. The lowest BCUT2D eigenvalue weighted by atomic mass is 10.1. The van der Waals surface area contributed by atoms with Crippen molar-refractivity contribution >= 4 is 27.7 Å². The highest BCUT2D eigenvalue weighted by atomic mass is 16.2. The fourth-order valence-corrected chi connectivity index (χ4v) is 3.85. The van der Waals surface area contributed by atoms with Gasteiger partial charge in [0.15, 0.2) is 5.69 Å². The molecule has 0 saturated heterocycles. The molecule has 1 unspecified atom stereocenters. The minimum Gasteiger partial charge on any atom is -0.337 e. The van der Waals surface area contributed by atoms with E-state index in [0.717, 1.165) is 16.6 Å². The van der Waals surface area contributed by atoms with Crippen LogP contribution in [0, 0.1) is 0 Å². The van der Waals surface area contributed by atoms with Crippen LogP contribution in [-0.4, -0.2) is 25.7 Å². The molecule has 152 valence electrons. The maximum absolute atomic E-state index is 13.3. The Morgan fingerprint density at radius 2 is 1.61 bits per heavy atom. The average molecular weight is 409 g/mol. The molecule has 5 rings (SSSR count). The number of aryl methyl sites for hydroxylation is 1. The van der Waals surface area contributed by atoms with Crippen LogP contribution >= 0.6 is 0 Å². The molecule has 2 heterocycles. The van der Waals surface area contributed by atoms with Crippen LogP contribution in [0.4, 0.5) is 0 Å². The van der Waals surface area contributed by atoms with E-state index in [1.807, 2.05) is 66.2 Å². The molecule has 5 aromatic rings. The molecule has 0 bridgehead atoms. The van der Waals surface area contributed by atoms with Crippen molar-refractivity contribution in [1.29, 1.82) is 0 Å². The molecule has 0 saturated carbocycles. The summed E-state index contributed by atoms with van der Waals surface area (Å²) in [5.74, 6) is 0.308. The third kappa shape index (κ3) is 3.26. The Kier molecular flexibility index (Phi) is 4.55. The molecule has 0 radical (unpaired) electrons. The van der Waals surface area contributed by atoms with E-state index in [9.17, 15) is 9.59 Å². The van der Waals surface area contributed by atoms with Gasteiger partial charge in [-0.15, -0.1) is 0 Å². The van der Waals surface area contributed by atoms with Gasteiger partial charge in [0.05, 0.1) is 16.4 Å². The van der Waals surface area contributed by atoms with E-state index in [2.05, 4.69) is 15.5 Å². The predicted molar refractivity (Wildman–Crippen MR) is 119 cm³/mol. The molecule has 0 aliphatic carbocycles. The predicted octanol–water partition coefficient (Wildman–Crippen LogP) is 3.33. The van der Waals surface area contributed by atoms with E-state index >= 15 is 0 Å². The van der Waals surface area contributed by atoms with Crippen molar-refractivity contribution in [3.05, 3.63) is 106 Å². The first-order valence-electron chi connectivity index (χ1n) is 9.88. The number of aromatic nitrogens is 4. The Morgan fingerprint density at radius 1 is 0.935 bits per heavy atom. The number of nitrogens with zero attached hydrogens (tertiary/aromatic N) is 3. The number of rotatable bonds is 4. The zero-order valence-electron chi connectivity index (χ0n) is 16.7. The van der Waals surface area contributed by atoms with E-state index < -0.39 is 11.9 Å². The molecule has 3 aromatic carbocycles. The molecule has 2 N–H and O–H groups in total. The number of para-hydroxylation sites is 2. The summed E-state index contributed by atoms with van der Waals surface area (Å²) in [7, 11) is 1.93. The Bertz CT molecular complexity index is 1470. The number of amides is 1. The summed E-state index contributed by atoms with van der Waals surface area (Å²) in [6.45, 7) is 0. The van der Waals surface area contributed by atoms with Crippen LogP contribution in [0.15, 0.2) is 83.7 Å². The third-order valence-electron chi connectivity index (χ3n) is 5.40. The van der Waals surface area contributed by atoms with Crippen LogP contribution in [0.1, 0.15) is 27.9 Å². The highest BCUT2D eigenvalue weighted by molar-refractivity contribution is 6.05. The van der Waals surface area contributed by atoms with Gasteiger partial charge in [-0.05, 0) is 23.8 Å². The molecule has 0 fully saturated rings. The summed E-state index contributed by atoms with van der Waals surface area (Å²) in [5, 5.41) is 10.4. The zero-order valence-corrected chi connectivity index (χ0v) is 16.7. The summed E-state index contributed by atoms with van der Waals surface area (Å²) in [6.07, 6.45) is 0. The number of imidazole rings is 1. The van der Waals surface area contributed by atoms with Crippen LogP contribution in [0.3, 0.4) is 0 Å². The number of fused-ring (bicyclic) bond motifs is 2. The van der Waals surface area contributed by atoms with E-state index in [4.69, 9.17) is 4.98 Å². The second-order valence-corrected chi connectivity index (χ2v) is 7.28. The summed E-state index contributed by atoms with van der Waals surface area (Å²) in [4.78, 5) is 30.2. The Labute approximate surface area is 177 Å². The molecule has 7 nitrogen and oxygen atoms in total. The van der Waals surface area contributed by atoms with Gasteiger partial charge in [0.2, 0.25) is 0 Å². The Hall–Kier alpha value is -4.26. The standard InChI is InChI=1S/C24H19N5O2/c1-29-19-14-8-7-13-18(19)25-22(29)20(15-9-3-2-4-10-15)26-24(31)21-16-11-5-6-12-17(16)23(30)28-27-21/h2-14,20H,1H3,(H,26,31)(H,28,30). The van der Waals surface area contributed by atoms with E-state index in [-0.39, 0.29) is 11.3 Å². The number of carbonyl (C=O) groups excluding carboxylic acids is 1. The van der Waals surface area contributed by atoms with Crippen LogP contribution in [0.5, 0.6) is 0 Å². The number of nitrogens with one attached hydrogen (secondary N) is 2. The maximum Gasteiger partial charge on any atom is 0.273 e. The van der Waals surface area contributed by atoms with Gasteiger partial charge in [-0.1, -0.05) is 60.7 Å². The second kappa shape index (κ2) is 7.53. The Balaban J connectivity index is 1.62. The van der Waals surface area contributed by atoms with Crippen LogP contribution in [0.25, 0.3) is 21.8 Å². The van der Waals surface area contributed by atoms with Crippen molar-refractivity contribution in [2.75, 3.05) is 0 Å².